The van der Waals surface area contributed by atoms with Crippen molar-refractivity contribution < 1.29 is 9.84 Å². The number of nitrogens with one attached hydrogen (secondary N) is 1. The zero-order chi connectivity index (χ0) is 12.4. The summed E-state index contributed by atoms with van der Waals surface area (Å²) in [4.78, 5) is 7.09. The number of ether oxygens (including phenoxy) is 1. The van der Waals surface area contributed by atoms with Gasteiger partial charge in [0.25, 0.3) is 0 Å². The molecule has 0 atom stereocenters. The number of phenols is 1. The number of hydrogen-bond donors (Lipinski definition) is 2. The molecule has 0 spiro atoms. The topological polar surface area (TPSA) is 58.1 Å². The van der Waals surface area contributed by atoms with Crippen molar-refractivity contribution in [2.45, 2.75) is 6.61 Å². The highest BCUT2D eigenvalue weighted by molar-refractivity contribution is 5.88. The molecule has 0 fully saturated rings. The highest BCUT2D eigenvalue weighted by Gasteiger charge is 2.08. The maximum absolute atomic E-state index is 9.85. The van der Waals surface area contributed by atoms with Crippen LogP contribution in [0.1, 0.15) is 5.56 Å². The number of aromatic nitrogens is 2. The van der Waals surface area contributed by atoms with Crippen LogP contribution >= 0.6 is 0 Å². The van der Waals surface area contributed by atoms with Crippen LogP contribution < -0.4 is 4.74 Å². The Bertz CT molecular complexity index is 662. The van der Waals surface area contributed by atoms with Gasteiger partial charge in [-0.2, -0.15) is 0 Å². The lowest BCUT2D eigenvalue weighted by Gasteiger charge is -2.05. The van der Waals surface area contributed by atoms with Crippen molar-refractivity contribution in [3.8, 4) is 11.5 Å². The molecule has 0 aliphatic heterocycles. The molecule has 0 aliphatic carbocycles. The quantitative estimate of drug-likeness (QED) is 0.740. The Hall–Kier alpha value is -2.49. The number of fused-ring (bicyclic) bond motifs is 1. The van der Waals surface area contributed by atoms with E-state index in [1.807, 2.05) is 24.4 Å². The number of rotatable bonds is 3. The fraction of sp³-hybridized carbons (Fsp3) is 0.0714. The smallest absolute Gasteiger partial charge is 0.138 e. The van der Waals surface area contributed by atoms with Gasteiger partial charge < -0.3 is 14.8 Å². The number of aromatic amines is 1. The van der Waals surface area contributed by atoms with Gasteiger partial charge in [-0.25, -0.2) is 0 Å². The van der Waals surface area contributed by atoms with Crippen LogP contribution in [0.2, 0.25) is 0 Å². The summed E-state index contributed by atoms with van der Waals surface area (Å²) in [6.45, 7) is 0.392. The summed E-state index contributed by atoms with van der Waals surface area (Å²) in [5.74, 6) is 0.973. The van der Waals surface area contributed by atoms with Crippen LogP contribution in [-0.2, 0) is 6.61 Å². The molecule has 90 valence electrons. The average molecular weight is 240 g/mol. The maximum atomic E-state index is 9.85. The lowest BCUT2D eigenvalue weighted by atomic mass is 10.1. The Balaban J connectivity index is 1.87. The van der Waals surface area contributed by atoms with E-state index in [1.54, 1.807) is 24.5 Å². The van der Waals surface area contributed by atoms with Crippen LogP contribution in [-0.4, -0.2) is 15.1 Å². The van der Waals surface area contributed by atoms with Crippen molar-refractivity contribution in [1.82, 2.24) is 9.97 Å². The van der Waals surface area contributed by atoms with Gasteiger partial charge in [0.05, 0.1) is 6.20 Å². The number of nitrogens with zero attached hydrogens (tertiary/aromatic N) is 1. The molecule has 2 aromatic heterocycles. The van der Waals surface area contributed by atoms with Gasteiger partial charge in [0.2, 0.25) is 0 Å². The van der Waals surface area contributed by atoms with E-state index in [-0.39, 0.29) is 5.75 Å². The van der Waals surface area contributed by atoms with Crippen LogP contribution in [0, 0.1) is 0 Å². The molecule has 0 bridgehead atoms. The summed E-state index contributed by atoms with van der Waals surface area (Å²) in [6.07, 6.45) is 5.21. The molecule has 3 aromatic rings. The summed E-state index contributed by atoms with van der Waals surface area (Å²) in [6, 6.07) is 9.07. The van der Waals surface area contributed by atoms with E-state index < -0.39 is 0 Å². The van der Waals surface area contributed by atoms with E-state index in [4.69, 9.17) is 4.74 Å². The number of benzene rings is 1. The summed E-state index contributed by atoms with van der Waals surface area (Å²) in [5.41, 5.74) is 1.83. The third kappa shape index (κ3) is 1.88. The number of hydrogen-bond acceptors (Lipinski definition) is 3. The molecular formula is C14H12N2O2. The molecule has 1 aromatic carbocycles. The van der Waals surface area contributed by atoms with Gasteiger partial charge in [0, 0.05) is 28.9 Å². The van der Waals surface area contributed by atoms with E-state index in [0.717, 1.165) is 16.5 Å². The minimum absolute atomic E-state index is 0.263. The van der Waals surface area contributed by atoms with Gasteiger partial charge in [0.1, 0.15) is 18.1 Å². The van der Waals surface area contributed by atoms with Crippen molar-refractivity contribution in [2.75, 3.05) is 0 Å². The predicted molar refractivity (Wildman–Crippen MR) is 68.5 cm³/mol. The maximum Gasteiger partial charge on any atom is 0.138 e. The first-order chi connectivity index (χ1) is 8.84. The molecule has 18 heavy (non-hydrogen) atoms. The fourth-order valence-corrected chi connectivity index (χ4v) is 1.94. The van der Waals surface area contributed by atoms with Crippen molar-refractivity contribution in [1.29, 1.82) is 0 Å². The number of H-pyrrole nitrogens is 1. The van der Waals surface area contributed by atoms with E-state index >= 15 is 0 Å². The SMILES string of the molecule is Oc1cccc2[nH]cc(COc3cccnc3)c12. The van der Waals surface area contributed by atoms with E-state index in [9.17, 15) is 5.11 Å². The Kier molecular flexibility index (Phi) is 2.61. The molecule has 0 radical (unpaired) electrons. The summed E-state index contributed by atoms with van der Waals surface area (Å²) >= 11 is 0. The van der Waals surface area contributed by atoms with Crippen molar-refractivity contribution in [2.24, 2.45) is 0 Å². The molecule has 4 nitrogen and oxygen atoms in total. The largest absolute Gasteiger partial charge is 0.507 e. The first-order valence-corrected chi connectivity index (χ1v) is 5.65. The molecule has 0 saturated heterocycles. The van der Waals surface area contributed by atoms with Crippen LogP contribution in [0.5, 0.6) is 11.5 Å². The molecule has 3 rings (SSSR count). The lowest BCUT2D eigenvalue weighted by molar-refractivity contribution is 0.306. The van der Waals surface area contributed by atoms with Gasteiger partial charge in [-0.15, -0.1) is 0 Å². The summed E-state index contributed by atoms with van der Waals surface area (Å²) < 4.78 is 5.62. The van der Waals surface area contributed by atoms with Gasteiger partial charge in [0.15, 0.2) is 0 Å². The standard InChI is InChI=1S/C14H12N2O2/c17-13-5-1-4-12-14(13)10(7-16-12)9-18-11-3-2-6-15-8-11/h1-8,16-17H,9H2. The Labute approximate surface area is 104 Å². The van der Waals surface area contributed by atoms with Gasteiger partial charge in [-0.3, -0.25) is 4.98 Å². The first kappa shape index (κ1) is 10.7. The van der Waals surface area contributed by atoms with Gasteiger partial charge in [-0.05, 0) is 24.3 Å². The lowest BCUT2D eigenvalue weighted by Crippen LogP contribution is -1.94. The van der Waals surface area contributed by atoms with E-state index in [2.05, 4.69) is 9.97 Å². The predicted octanol–water partition coefficient (Wildman–Crippen LogP) is 2.85. The Morgan fingerprint density at radius 2 is 2.17 bits per heavy atom. The van der Waals surface area contributed by atoms with Crippen molar-refractivity contribution in [3.05, 3.63) is 54.5 Å². The van der Waals surface area contributed by atoms with Gasteiger partial charge >= 0.3 is 0 Å². The fourth-order valence-electron chi connectivity index (χ4n) is 1.94. The first-order valence-electron chi connectivity index (χ1n) is 5.65. The average Bonchev–Trinajstić information content (AvgIpc) is 2.82. The Morgan fingerprint density at radius 1 is 1.22 bits per heavy atom. The highest BCUT2D eigenvalue weighted by atomic mass is 16.5. The number of aromatic hydroxyl groups is 1. The van der Waals surface area contributed by atoms with E-state index in [0.29, 0.717) is 12.4 Å². The molecule has 2 N–H and O–H groups in total. The Morgan fingerprint density at radius 3 is 3.00 bits per heavy atom. The molecule has 0 amide bonds. The molecule has 2 heterocycles. The van der Waals surface area contributed by atoms with Crippen molar-refractivity contribution in [3.63, 3.8) is 0 Å². The second-order valence-corrected chi connectivity index (χ2v) is 3.99. The van der Waals surface area contributed by atoms with Gasteiger partial charge in [-0.1, -0.05) is 6.07 Å². The molecular weight excluding hydrogens is 228 g/mol. The highest BCUT2D eigenvalue weighted by Crippen LogP contribution is 2.28. The molecule has 0 unspecified atom stereocenters. The van der Waals surface area contributed by atoms with Crippen LogP contribution in [0.4, 0.5) is 0 Å². The third-order valence-corrected chi connectivity index (χ3v) is 2.79. The molecule has 0 saturated carbocycles. The number of pyridine rings is 1. The summed E-state index contributed by atoms with van der Waals surface area (Å²) in [7, 11) is 0. The minimum atomic E-state index is 0.263. The molecule has 4 heteroatoms. The zero-order valence-electron chi connectivity index (χ0n) is 9.63. The normalized spacial score (nSPS) is 10.7. The van der Waals surface area contributed by atoms with Crippen LogP contribution in [0.3, 0.4) is 0 Å². The molecule has 0 aliphatic rings. The van der Waals surface area contributed by atoms with Crippen LogP contribution in [0.25, 0.3) is 10.9 Å². The van der Waals surface area contributed by atoms with Crippen molar-refractivity contribution >= 4 is 10.9 Å². The van der Waals surface area contributed by atoms with E-state index in [1.165, 1.54) is 0 Å². The summed E-state index contributed by atoms with van der Waals surface area (Å²) in [5, 5.41) is 10.7. The minimum Gasteiger partial charge on any atom is -0.507 e. The second-order valence-electron chi connectivity index (χ2n) is 3.99. The third-order valence-electron chi connectivity index (χ3n) is 2.79. The monoisotopic (exact) mass is 240 g/mol. The number of phenolic OH excluding ortho intramolecular Hbond substituents is 1. The second kappa shape index (κ2) is 4.41. The zero-order valence-corrected chi connectivity index (χ0v) is 9.63. The van der Waals surface area contributed by atoms with Crippen LogP contribution in [0.15, 0.2) is 48.9 Å².